The first kappa shape index (κ1) is 39.0. The molecule has 0 amide bonds. The molecule has 7 N–H and O–H groups in total. The largest absolute Gasteiger partial charge is 0.383 e. The van der Waals surface area contributed by atoms with Crippen molar-refractivity contribution in [2.75, 3.05) is 5.73 Å². The number of H-pyrrole nitrogens is 2. The number of aromatic amines is 2. The van der Waals surface area contributed by atoms with Crippen molar-refractivity contribution in [2.45, 2.75) is 0 Å². The summed E-state index contributed by atoms with van der Waals surface area (Å²) in [6.45, 7) is 0. The maximum absolute atomic E-state index is 11.4. The van der Waals surface area contributed by atoms with Crippen LogP contribution < -0.4 is 23.1 Å². The highest BCUT2D eigenvalue weighted by Crippen LogP contribution is 2.33. The van der Waals surface area contributed by atoms with E-state index in [0.717, 1.165) is 6.07 Å². The molecule has 3 aromatic carbocycles. The molecule has 3 heterocycles. The number of nitrogens with one attached hydrogen (secondary N) is 2. The number of nitrogens with two attached hydrogens (primary N) is 1. The zero-order chi connectivity index (χ0) is 35.6. The number of hydrogen-bond acceptors (Lipinski definition) is 14. The summed E-state index contributed by atoms with van der Waals surface area (Å²) < 4.78 is 1.19. The number of halogens is 6. The Hall–Kier alpha value is -4.45. The Morgan fingerprint density at radius 2 is 1.06 bits per heavy atom. The average Bonchev–Trinajstić information content (AvgIpc) is 2.99. The second-order valence-electron chi connectivity index (χ2n) is 8.84. The van der Waals surface area contributed by atoms with Crippen LogP contribution in [0.5, 0.6) is 0 Å². The van der Waals surface area contributed by atoms with Gasteiger partial charge < -0.3 is 16.9 Å². The van der Waals surface area contributed by atoms with Crippen LogP contribution in [0.1, 0.15) is 0 Å². The Labute approximate surface area is 309 Å². The Morgan fingerprint density at radius 1 is 0.633 bits per heavy atom. The molecule has 0 spiro atoms. The number of nitrogen functional groups attached to an aromatic ring is 1. The molecule has 0 aliphatic heterocycles. The van der Waals surface area contributed by atoms with Crippen LogP contribution >= 0.6 is 82.6 Å². The van der Waals surface area contributed by atoms with E-state index in [2.05, 4.69) is 72.7 Å². The van der Waals surface area contributed by atoms with E-state index < -0.39 is 26.0 Å². The minimum atomic E-state index is -0.664. The van der Waals surface area contributed by atoms with Gasteiger partial charge in [-0.1, -0.05) is 11.6 Å². The van der Waals surface area contributed by atoms with Gasteiger partial charge in [0.15, 0.2) is 0 Å². The number of nitro benzene ring substituents is 3. The molecular formula is C24H13Br3Cl3N11O8. The fourth-order valence-electron chi connectivity index (χ4n) is 3.81. The van der Waals surface area contributed by atoms with Gasteiger partial charge in [-0.3, -0.25) is 40.1 Å². The van der Waals surface area contributed by atoms with Crippen LogP contribution in [0.15, 0.2) is 59.4 Å². The third-order valence-corrected chi connectivity index (χ3v) is 8.28. The van der Waals surface area contributed by atoms with Crippen LogP contribution in [0.4, 0.5) is 22.9 Å². The summed E-state index contributed by atoms with van der Waals surface area (Å²) in [6, 6.07) is 7.62. The summed E-state index contributed by atoms with van der Waals surface area (Å²) in [5.41, 5.74) is 5.01. The lowest BCUT2D eigenvalue weighted by molar-refractivity contribution is -0.384. The zero-order valence-corrected chi connectivity index (χ0v) is 30.4. The molecule has 0 radical (unpaired) electrons. The van der Waals surface area contributed by atoms with Crippen LogP contribution in [0, 0.1) is 30.3 Å². The van der Waals surface area contributed by atoms with Gasteiger partial charge in [0, 0.05) is 46.3 Å². The smallest absolute Gasteiger partial charge is 0.326 e. The second-order valence-corrected chi connectivity index (χ2v) is 12.4. The quantitative estimate of drug-likeness (QED) is 0.0591. The number of anilines is 1. The lowest BCUT2D eigenvalue weighted by Gasteiger charge is -2.03. The maximum Gasteiger partial charge on any atom is 0.326 e. The monoisotopic (exact) mass is 925 g/mol. The van der Waals surface area contributed by atoms with Crippen molar-refractivity contribution in [1.29, 1.82) is 0 Å². The van der Waals surface area contributed by atoms with Crippen LogP contribution in [0.25, 0.3) is 32.7 Å². The second kappa shape index (κ2) is 15.8. The minimum absolute atomic E-state index is 0. The van der Waals surface area contributed by atoms with Gasteiger partial charge in [-0.2, -0.15) is 0 Å². The van der Waals surface area contributed by atoms with Crippen molar-refractivity contribution >= 4 is 138 Å². The summed E-state index contributed by atoms with van der Waals surface area (Å²) in [5.74, 6) is 0.111. The maximum atomic E-state index is 11.4. The molecule has 0 saturated heterocycles. The Balaban J connectivity index is 0.000000197. The number of non-ortho nitro benzene ring substituents is 3. The summed E-state index contributed by atoms with van der Waals surface area (Å²) in [4.78, 5) is 72.4. The molecule has 25 heteroatoms. The molecule has 49 heavy (non-hydrogen) atoms. The number of nitrogens with zero attached hydrogens (tertiary/aromatic N) is 7. The van der Waals surface area contributed by atoms with Crippen LogP contribution in [-0.2, 0) is 0 Å². The SMILES string of the molecule is N.Nc1nc(Cl)nc2c(Br)cc([N+](=O)[O-])cc12.O=[N+]([O-])c1cc(Br)c2nc(Cl)nc(Cl)c2c1.O=c1[nH]c(=O)c2cc([N+](=O)[O-])cc(Br)c2[nH]1. The number of rotatable bonds is 3. The van der Waals surface area contributed by atoms with Gasteiger partial charge in [0.05, 0.1) is 51.0 Å². The standard InChI is InChI=1S/C8H2BrCl2N3O2.C8H4BrClN4O2.C8H4BrN3O4.H3N/c9-5-2-3(14(15)16)1-4-6(5)12-8(11)13-7(4)10;9-5-2-3(14(15)16)1-4-6(5)12-8(10)13-7(4)11;9-5-2-3(12(15)16)1-4-6(5)10-8(14)11-7(4)13;/h1-2H;1-2H,(H2,11,12,13);1-2H,(H2,10,11,13,14);1H3. The lowest BCUT2D eigenvalue weighted by atomic mass is 10.2. The average molecular weight is 930 g/mol. The summed E-state index contributed by atoms with van der Waals surface area (Å²) in [6.07, 6.45) is 0. The first-order chi connectivity index (χ1) is 22.5. The van der Waals surface area contributed by atoms with E-state index >= 15 is 0 Å². The van der Waals surface area contributed by atoms with E-state index in [9.17, 15) is 39.9 Å². The number of fused-ring (bicyclic) bond motifs is 3. The molecule has 6 aromatic rings. The Kier molecular flexibility index (Phi) is 12.6. The topological polar surface area (TPSA) is 308 Å². The molecule has 0 aliphatic rings. The summed E-state index contributed by atoms with van der Waals surface area (Å²) in [5, 5.41) is 32.8. The van der Waals surface area contributed by atoms with Crippen LogP contribution in [-0.4, -0.2) is 44.7 Å². The molecule has 0 aliphatic carbocycles. The molecule has 3 aromatic heterocycles. The third-order valence-electron chi connectivity index (χ3n) is 5.82. The first-order valence-electron chi connectivity index (χ1n) is 12.1. The van der Waals surface area contributed by atoms with E-state index in [-0.39, 0.29) is 55.7 Å². The Morgan fingerprint density at radius 3 is 1.57 bits per heavy atom. The molecule has 0 fully saturated rings. The first-order valence-corrected chi connectivity index (χ1v) is 15.6. The van der Waals surface area contributed by atoms with Crippen LogP contribution in [0.2, 0.25) is 15.7 Å². The molecule has 254 valence electrons. The molecule has 6 rings (SSSR count). The van der Waals surface area contributed by atoms with Crippen molar-refractivity contribution in [3.05, 3.63) is 117 Å². The number of aromatic nitrogens is 6. The van der Waals surface area contributed by atoms with Gasteiger partial charge in [0.1, 0.15) is 11.0 Å². The zero-order valence-electron chi connectivity index (χ0n) is 23.4. The molecule has 0 unspecified atom stereocenters. The number of benzene rings is 3. The van der Waals surface area contributed by atoms with Crippen LogP contribution in [0.3, 0.4) is 0 Å². The predicted octanol–water partition coefficient (Wildman–Crippen LogP) is 7.19. The normalized spacial score (nSPS) is 10.4. The molecule has 0 bridgehead atoms. The van der Waals surface area contributed by atoms with E-state index in [1.165, 1.54) is 30.3 Å². The minimum Gasteiger partial charge on any atom is -0.383 e. The van der Waals surface area contributed by atoms with Gasteiger partial charge >= 0.3 is 5.69 Å². The third kappa shape index (κ3) is 8.97. The molecule has 0 atom stereocenters. The molecule has 19 nitrogen and oxygen atoms in total. The van der Waals surface area contributed by atoms with Crippen molar-refractivity contribution in [3.8, 4) is 0 Å². The Bertz CT molecular complexity index is 2340. The number of nitro groups is 3. The molecule has 0 saturated carbocycles. The highest BCUT2D eigenvalue weighted by molar-refractivity contribution is 9.11. The van der Waals surface area contributed by atoms with Crippen molar-refractivity contribution < 1.29 is 14.8 Å². The summed E-state index contributed by atoms with van der Waals surface area (Å²) in [7, 11) is 0. The van der Waals surface area contributed by atoms with E-state index in [4.69, 9.17) is 40.5 Å². The highest BCUT2D eigenvalue weighted by atomic mass is 79.9. The molecular weight excluding hydrogens is 916 g/mol. The lowest BCUT2D eigenvalue weighted by Crippen LogP contribution is -2.22. The van der Waals surface area contributed by atoms with Crippen molar-refractivity contribution in [3.63, 3.8) is 0 Å². The van der Waals surface area contributed by atoms with E-state index in [1.54, 1.807) is 0 Å². The van der Waals surface area contributed by atoms with Gasteiger partial charge in [-0.25, -0.2) is 24.7 Å². The fraction of sp³-hybridized carbons (Fsp3) is 0. The number of hydrogen-bond donors (Lipinski definition) is 4. The highest BCUT2D eigenvalue weighted by Gasteiger charge is 2.16. The van der Waals surface area contributed by atoms with Gasteiger partial charge in [-0.15, -0.1) is 0 Å². The van der Waals surface area contributed by atoms with Gasteiger partial charge in [-0.05, 0) is 71.0 Å². The van der Waals surface area contributed by atoms with Gasteiger partial charge in [0.25, 0.3) is 22.6 Å². The van der Waals surface area contributed by atoms with Crippen molar-refractivity contribution in [1.82, 2.24) is 36.1 Å². The predicted molar refractivity (Wildman–Crippen MR) is 192 cm³/mol. The van der Waals surface area contributed by atoms with E-state index in [1.807, 2.05) is 4.98 Å². The van der Waals surface area contributed by atoms with E-state index in [0.29, 0.717) is 35.2 Å². The summed E-state index contributed by atoms with van der Waals surface area (Å²) >= 11 is 26.5. The fourth-order valence-corrected chi connectivity index (χ4v) is 6.05. The van der Waals surface area contributed by atoms with Crippen molar-refractivity contribution in [2.24, 2.45) is 0 Å². The van der Waals surface area contributed by atoms with Gasteiger partial charge in [0.2, 0.25) is 10.6 Å².